The molecule has 0 bridgehead atoms. The number of aliphatic hydroxyl groups is 1. The Balaban J connectivity index is 2.34. The average Bonchev–Trinajstić information content (AvgIpc) is 2.66. The maximum atomic E-state index is 9.31. The summed E-state index contributed by atoms with van der Waals surface area (Å²) in [6, 6.07) is 1.91. The fourth-order valence-electron chi connectivity index (χ4n) is 1.62. The number of hydrogen-bond donors (Lipinski definition) is 3. The van der Waals surface area contributed by atoms with E-state index in [2.05, 4.69) is 50.0 Å². The number of anilines is 1. The third kappa shape index (κ3) is 2.58. The van der Waals surface area contributed by atoms with E-state index in [0.717, 1.165) is 21.5 Å². The van der Waals surface area contributed by atoms with Crippen LogP contribution < -0.4 is 5.32 Å². The van der Waals surface area contributed by atoms with Crippen LogP contribution in [-0.4, -0.2) is 32.7 Å². The van der Waals surface area contributed by atoms with Gasteiger partial charge in [-0.3, -0.25) is 0 Å². The van der Waals surface area contributed by atoms with Crippen LogP contribution in [0.4, 0.5) is 5.82 Å². The van der Waals surface area contributed by atoms with Crippen LogP contribution in [0.25, 0.3) is 11.0 Å². The normalized spacial score (nSPS) is 13.2. The number of fused-ring (bicyclic) bond motifs is 1. The summed E-state index contributed by atoms with van der Waals surface area (Å²) >= 11 is 3.37. The second kappa shape index (κ2) is 5.01. The molecule has 2 rings (SSSR count). The average molecular weight is 299 g/mol. The predicted octanol–water partition coefficient (Wildman–Crippen LogP) is 2.15. The minimum atomic E-state index is -0.0122. The summed E-state index contributed by atoms with van der Waals surface area (Å²) in [5.41, 5.74) is 0.773. The SMILES string of the molecule is CC(C)[C@H](CO)Nc1ncnc2[nH]c(Br)cc12. The van der Waals surface area contributed by atoms with Crippen LogP contribution in [0, 0.1) is 5.92 Å². The molecule has 0 aliphatic rings. The lowest BCUT2D eigenvalue weighted by Gasteiger charge is -2.20. The number of nitrogens with one attached hydrogen (secondary N) is 2. The molecule has 0 aromatic carbocycles. The molecule has 0 amide bonds. The molecule has 0 aliphatic carbocycles. The summed E-state index contributed by atoms with van der Waals surface area (Å²) < 4.78 is 0.862. The molecule has 6 heteroatoms. The topological polar surface area (TPSA) is 73.8 Å². The van der Waals surface area contributed by atoms with Crippen molar-refractivity contribution in [3.8, 4) is 0 Å². The van der Waals surface area contributed by atoms with Crippen molar-refractivity contribution in [2.45, 2.75) is 19.9 Å². The highest BCUT2D eigenvalue weighted by Gasteiger charge is 2.15. The first-order valence-corrected chi connectivity index (χ1v) is 6.27. The number of aromatic nitrogens is 3. The Morgan fingerprint density at radius 2 is 2.24 bits per heavy atom. The van der Waals surface area contributed by atoms with Crippen molar-refractivity contribution in [2.24, 2.45) is 5.92 Å². The Bertz CT molecular complexity index is 511. The Hall–Kier alpha value is -1.14. The fraction of sp³-hybridized carbons (Fsp3) is 0.455. The second-order valence-corrected chi connectivity index (χ2v) is 5.13. The quantitative estimate of drug-likeness (QED) is 0.808. The number of aromatic amines is 1. The first kappa shape index (κ1) is 12.3. The van der Waals surface area contributed by atoms with Gasteiger partial charge in [0.05, 0.1) is 22.6 Å². The molecule has 17 heavy (non-hydrogen) atoms. The van der Waals surface area contributed by atoms with Crippen molar-refractivity contribution < 1.29 is 5.11 Å². The number of aliphatic hydroxyl groups excluding tert-OH is 1. The lowest BCUT2D eigenvalue weighted by molar-refractivity contribution is 0.249. The Kier molecular flexibility index (Phi) is 3.63. The van der Waals surface area contributed by atoms with Gasteiger partial charge in [0.2, 0.25) is 0 Å². The molecule has 0 fully saturated rings. The zero-order valence-electron chi connectivity index (χ0n) is 9.74. The summed E-state index contributed by atoms with van der Waals surface area (Å²) in [6.07, 6.45) is 1.50. The van der Waals surface area contributed by atoms with E-state index in [1.807, 2.05) is 6.07 Å². The van der Waals surface area contributed by atoms with Crippen LogP contribution in [0.2, 0.25) is 0 Å². The van der Waals surface area contributed by atoms with Crippen molar-refractivity contribution >= 4 is 32.8 Å². The van der Waals surface area contributed by atoms with E-state index < -0.39 is 0 Å². The smallest absolute Gasteiger partial charge is 0.143 e. The summed E-state index contributed by atoms with van der Waals surface area (Å²) in [5, 5.41) is 13.5. The summed E-state index contributed by atoms with van der Waals surface area (Å²) in [6.45, 7) is 4.19. The highest BCUT2D eigenvalue weighted by Crippen LogP contribution is 2.24. The molecule has 0 aliphatic heterocycles. The van der Waals surface area contributed by atoms with E-state index in [1.165, 1.54) is 6.33 Å². The molecule has 0 saturated carbocycles. The van der Waals surface area contributed by atoms with Gasteiger partial charge in [-0.1, -0.05) is 13.8 Å². The van der Waals surface area contributed by atoms with Gasteiger partial charge in [-0.05, 0) is 27.9 Å². The van der Waals surface area contributed by atoms with E-state index in [9.17, 15) is 5.11 Å². The van der Waals surface area contributed by atoms with Crippen molar-refractivity contribution in [2.75, 3.05) is 11.9 Å². The highest BCUT2D eigenvalue weighted by atomic mass is 79.9. The second-order valence-electron chi connectivity index (χ2n) is 4.28. The van der Waals surface area contributed by atoms with E-state index in [-0.39, 0.29) is 12.6 Å². The predicted molar refractivity (Wildman–Crippen MR) is 70.9 cm³/mol. The molecule has 92 valence electrons. The number of H-pyrrole nitrogens is 1. The van der Waals surface area contributed by atoms with E-state index in [1.54, 1.807) is 0 Å². The number of hydrogen-bond acceptors (Lipinski definition) is 4. The van der Waals surface area contributed by atoms with Crippen molar-refractivity contribution in [3.63, 3.8) is 0 Å². The molecule has 0 spiro atoms. The van der Waals surface area contributed by atoms with Crippen LogP contribution in [-0.2, 0) is 0 Å². The molecule has 5 nitrogen and oxygen atoms in total. The van der Waals surface area contributed by atoms with Gasteiger partial charge in [-0.25, -0.2) is 9.97 Å². The van der Waals surface area contributed by atoms with Gasteiger partial charge >= 0.3 is 0 Å². The summed E-state index contributed by atoms with van der Waals surface area (Å²) in [7, 11) is 0. The highest BCUT2D eigenvalue weighted by molar-refractivity contribution is 9.10. The molecule has 2 aromatic heterocycles. The maximum absolute atomic E-state index is 9.31. The maximum Gasteiger partial charge on any atom is 0.143 e. The van der Waals surface area contributed by atoms with Crippen molar-refractivity contribution in [1.29, 1.82) is 0 Å². The monoisotopic (exact) mass is 298 g/mol. The molecule has 2 aromatic rings. The van der Waals surface area contributed by atoms with Crippen LogP contribution in [0.3, 0.4) is 0 Å². The van der Waals surface area contributed by atoms with Crippen LogP contribution in [0.1, 0.15) is 13.8 Å². The minimum Gasteiger partial charge on any atom is -0.394 e. The fourth-order valence-corrected chi connectivity index (χ4v) is 2.04. The molecule has 3 N–H and O–H groups in total. The van der Waals surface area contributed by atoms with Crippen LogP contribution >= 0.6 is 15.9 Å². The van der Waals surface area contributed by atoms with Gasteiger partial charge in [-0.2, -0.15) is 0 Å². The number of halogens is 1. The third-order valence-electron chi connectivity index (χ3n) is 2.72. The largest absolute Gasteiger partial charge is 0.394 e. The Morgan fingerprint density at radius 3 is 2.88 bits per heavy atom. The minimum absolute atomic E-state index is 0.0122. The third-order valence-corrected chi connectivity index (χ3v) is 3.14. The lowest BCUT2D eigenvalue weighted by Crippen LogP contribution is -2.29. The molecule has 0 unspecified atom stereocenters. The van der Waals surface area contributed by atoms with Gasteiger partial charge in [0.15, 0.2) is 0 Å². The van der Waals surface area contributed by atoms with E-state index in [0.29, 0.717) is 5.92 Å². The first-order chi connectivity index (χ1) is 8.11. The Morgan fingerprint density at radius 1 is 1.47 bits per heavy atom. The van der Waals surface area contributed by atoms with Gasteiger partial charge < -0.3 is 15.4 Å². The van der Waals surface area contributed by atoms with Gasteiger partial charge in [0.1, 0.15) is 17.8 Å². The van der Waals surface area contributed by atoms with Gasteiger partial charge in [0, 0.05) is 0 Å². The van der Waals surface area contributed by atoms with E-state index in [4.69, 9.17) is 0 Å². The summed E-state index contributed by atoms with van der Waals surface area (Å²) in [5.74, 6) is 1.07. The molecule has 0 saturated heterocycles. The van der Waals surface area contributed by atoms with Crippen molar-refractivity contribution in [1.82, 2.24) is 15.0 Å². The van der Waals surface area contributed by atoms with Crippen LogP contribution in [0.15, 0.2) is 17.0 Å². The van der Waals surface area contributed by atoms with Crippen molar-refractivity contribution in [3.05, 3.63) is 17.0 Å². The lowest BCUT2D eigenvalue weighted by atomic mass is 10.1. The molecule has 0 radical (unpaired) electrons. The summed E-state index contributed by atoms with van der Waals surface area (Å²) in [4.78, 5) is 11.4. The molecule has 1 atom stereocenters. The van der Waals surface area contributed by atoms with Gasteiger partial charge in [0.25, 0.3) is 0 Å². The molecular formula is C11H15BrN4O. The first-order valence-electron chi connectivity index (χ1n) is 5.48. The molecule has 2 heterocycles. The van der Waals surface area contributed by atoms with Crippen LogP contribution in [0.5, 0.6) is 0 Å². The zero-order chi connectivity index (χ0) is 12.4. The van der Waals surface area contributed by atoms with Gasteiger partial charge in [-0.15, -0.1) is 0 Å². The van der Waals surface area contributed by atoms with E-state index >= 15 is 0 Å². The molecular weight excluding hydrogens is 284 g/mol. The number of nitrogens with zero attached hydrogens (tertiary/aromatic N) is 2. The Labute approximate surface area is 108 Å². The standard InChI is InChI=1S/C11H15BrN4O/c1-6(2)8(4-17)15-10-7-3-9(12)16-11(7)14-5-13-10/h3,5-6,8,17H,4H2,1-2H3,(H2,13,14,15,16)/t8-/m0/s1. The number of rotatable bonds is 4. The zero-order valence-corrected chi connectivity index (χ0v) is 11.3.